The van der Waals surface area contributed by atoms with Gasteiger partial charge >= 0.3 is 6.03 Å². The molecule has 30 heavy (non-hydrogen) atoms. The number of piperazine rings is 1. The van der Waals surface area contributed by atoms with Crippen LogP contribution in [0.4, 0.5) is 22.1 Å². The SMILES string of the molecule is CC(C)n1cnnc1-c1cccc(NC(=O)Nc2cc(N3CCNCC3)ccn2)n1. The van der Waals surface area contributed by atoms with E-state index in [9.17, 15) is 4.79 Å². The Hall–Kier alpha value is -3.53. The standard InChI is InChI=1S/C20H25N9O/c1-14(2)29-13-23-27-19(29)16-4-3-5-17(24-16)25-20(30)26-18-12-15(6-7-22-18)28-10-8-21-9-11-28/h3-7,12-14,21H,8-11H2,1-2H3,(H2,22,24,25,26,30). The Morgan fingerprint density at radius 1 is 1.13 bits per heavy atom. The van der Waals surface area contributed by atoms with Crippen LogP contribution in [0.25, 0.3) is 11.5 Å². The first-order valence-corrected chi connectivity index (χ1v) is 9.97. The average Bonchev–Trinajstić information content (AvgIpc) is 3.25. The van der Waals surface area contributed by atoms with Crippen LogP contribution in [0, 0.1) is 0 Å². The van der Waals surface area contributed by atoms with E-state index >= 15 is 0 Å². The Labute approximate surface area is 174 Å². The molecule has 1 saturated heterocycles. The average molecular weight is 407 g/mol. The summed E-state index contributed by atoms with van der Waals surface area (Å²) in [5.41, 5.74) is 1.67. The van der Waals surface area contributed by atoms with Gasteiger partial charge in [0.25, 0.3) is 0 Å². The van der Waals surface area contributed by atoms with Crippen LogP contribution in [0.5, 0.6) is 0 Å². The number of nitrogens with one attached hydrogen (secondary N) is 3. The second kappa shape index (κ2) is 8.87. The summed E-state index contributed by atoms with van der Waals surface area (Å²) in [6, 6.07) is 9.00. The second-order valence-electron chi connectivity index (χ2n) is 7.28. The highest BCUT2D eigenvalue weighted by Gasteiger charge is 2.14. The van der Waals surface area contributed by atoms with Gasteiger partial charge in [-0.2, -0.15) is 0 Å². The minimum Gasteiger partial charge on any atom is -0.369 e. The molecular formula is C20H25N9O. The Bertz CT molecular complexity index is 1010. The third kappa shape index (κ3) is 4.54. The van der Waals surface area contributed by atoms with E-state index in [0.29, 0.717) is 23.2 Å². The van der Waals surface area contributed by atoms with Gasteiger partial charge in [0.1, 0.15) is 23.7 Å². The Kier molecular flexibility index (Phi) is 5.84. The number of aromatic nitrogens is 5. The fourth-order valence-corrected chi connectivity index (χ4v) is 3.30. The molecule has 2 amide bonds. The largest absolute Gasteiger partial charge is 0.369 e. The van der Waals surface area contributed by atoms with E-state index in [1.807, 2.05) is 42.7 Å². The van der Waals surface area contributed by atoms with Gasteiger partial charge in [-0.15, -0.1) is 10.2 Å². The van der Waals surface area contributed by atoms with Crippen molar-refractivity contribution in [3.8, 4) is 11.5 Å². The molecule has 1 aliphatic rings. The van der Waals surface area contributed by atoms with Crippen molar-refractivity contribution >= 4 is 23.4 Å². The van der Waals surface area contributed by atoms with E-state index in [4.69, 9.17) is 0 Å². The minimum atomic E-state index is -0.407. The van der Waals surface area contributed by atoms with Gasteiger partial charge in [0.15, 0.2) is 5.82 Å². The third-order valence-electron chi connectivity index (χ3n) is 4.82. The maximum atomic E-state index is 12.5. The number of nitrogens with zero attached hydrogens (tertiary/aromatic N) is 6. The van der Waals surface area contributed by atoms with Crippen LogP contribution in [-0.2, 0) is 0 Å². The van der Waals surface area contributed by atoms with Gasteiger partial charge in [0.05, 0.1) is 0 Å². The molecule has 0 unspecified atom stereocenters. The Morgan fingerprint density at radius 2 is 1.93 bits per heavy atom. The van der Waals surface area contributed by atoms with Crippen molar-refractivity contribution in [1.29, 1.82) is 0 Å². The van der Waals surface area contributed by atoms with Gasteiger partial charge in [-0.25, -0.2) is 14.8 Å². The molecule has 156 valence electrons. The van der Waals surface area contributed by atoms with Gasteiger partial charge in [-0.1, -0.05) is 6.07 Å². The summed E-state index contributed by atoms with van der Waals surface area (Å²) >= 11 is 0. The van der Waals surface area contributed by atoms with Crippen LogP contribution in [0.1, 0.15) is 19.9 Å². The zero-order valence-corrected chi connectivity index (χ0v) is 17.0. The molecular weight excluding hydrogens is 382 g/mol. The highest BCUT2D eigenvalue weighted by Crippen LogP contribution is 2.20. The molecule has 1 fully saturated rings. The van der Waals surface area contributed by atoms with Crippen LogP contribution >= 0.6 is 0 Å². The van der Waals surface area contributed by atoms with Crippen molar-refractivity contribution in [2.45, 2.75) is 19.9 Å². The van der Waals surface area contributed by atoms with Gasteiger partial charge in [-0.05, 0) is 32.0 Å². The molecule has 0 aromatic carbocycles. The molecule has 4 rings (SSSR count). The monoisotopic (exact) mass is 407 g/mol. The Balaban J connectivity index is 1.44. The quantitative estimate of drug-likeness (QED) is 0.595. The first kappa shape index (κ1) is 19.8. The van der Waals surface area contributed by atoms with Crippen molar-refractivity contribution < 1.29 is 4.79 Å². The number of anilines is 3. The molecule has 10 nitrogen and oxygen atoms in total. The number of pyridine rings is 2. The number of urea groups is 1. The summed E-state index contributed by atoms with van der Waals surface area (Å²) in [4.78, 5) is 23.5. The lowest BCUT2D eigenvalue weighted by Crippen LogP contribution is -2.43. The molecule has 10 heteroatoms. The number of carbonyl (C=O) groups excluding carboxylic acids is 1. The summed E-state index contributed by atoms with van der Waals surface area (Å²) in [5, 5.41) is 17.0. The molecule has 0 atom stereocenters. The maximum absolute atomic E-state index is 12.5. The number of rotatable bonds is 5. The summed E-state index contributed by atoms with van der Waals surface area (Å²) in [5.74, 6) is 1.56. The summed E-state index contributed by atoms with van der Waals surface area (Å²) in [7, 11) is 0. The predicted octanol–water partition coefficient (Wildman–Crippen LogP) is 2.37. The normalized spacial score (nSPS) is 14.0. The van der Waals surface area contributed by atoms with Crippen molar-refractivity contribution in [3.05, 3.63) is 42.9 Å². The van der Waals surface area contributed by atoms with E-state index < -0.39 is 6.03 Å². The summed E-state index contributed by atoms with van der Waals surface area (Å²) in [6.07, 6.45) is 3.37. The predicted molar refractivity (Wildman–Crippen MR) is 116 cm³/mol. The van der Waals surface area contributed by atoms with Gasteiger partial charge < -0.3 is 14.8 Å². The van der Waals surface area contributed by atoms with E-state index in [1.165, 1.54) is 0 Å². The molecule has 4 heterocycles. The zero-order valence-electron chi connectivity index (χ0n) is 17.0. The Morgan fingerprint density at radius 3 is 2.73 bits per heavy atom. The number of amides is 2. The van der Waals surface area contributed by atoms with Crippen molar-refractivity contribution in [3.63, 3.8) is 0 Å². The van der Waals surface area contributed by atoms with Crippen molar-refractivity contribution in [1.82, 2.24) is 30.0 Å². The summed E-state index contributed by atoms with van der Waals surface area (Å²) < 4.78 is 1.93. The lowest BCUT2D eigenvalue weighted by Gasteiger charge is -2.29. The van der Waals surface area contributed by atoms with Crippen LogP contribution in [-0.4, -0.2) is 56.9 Å². The lowest BCUT2D eigenvalue weighted by molar-refractivity contribution is 0.262. The molecule has 1 aliphatic heterocycles. The van der Waals surface area contributed by atoms with Gasteiger partial charge in [0.2, 0.25) is 0 Å². The molecule has 0 saturated carbocycles. The van der Waals surface area contributed by atoms with Crippen LogP contribution in [0.3, 0.4) is 0 Å². The van der Waals surface area contributed by atoms with E-state index in [1.54, 1.807) is 18.6 Å². The topological polar surface area (TPSA) is 113 Å². The molecule has 0 radical (unpaired) electrons. The molecule has 0 aliphatic carbocycles. The van der Waals surface area contributed by atoms with Crippen molar-refractivity contribution in [2.75, 3.05) is 41.7 Å². The minimum absolute atomic E-state index is 0.200. The molecule has 3 aromatic heterocycles. The first-order valence-electron chi connectivity index (χ1n) is 9.97. The molecule has 3 aromatic rings. The molecule has 0 spiro atoms. The highest BCUT2D eigenvalue weighted by atomic mass is 16.2. The zero-order chi connectivity index (χ0) is 20.9. The third-order valence-corrected chi connectivity index (χ3v) is 4.82. The van der Waals surface area contributed by atoms with Crippen molar-refractivity contribution in [2.24, 2.45) is 0 Å². The van der Waals surface area contributed by atoms with E-state index in [0.717, 1.165) is 31.9 Å². The van der Waals surface area contributed by atoms with Gasteiger partial charge in [0, 0.05) is 50.2 Å². The number of carbonyl (C=O) groups is 1. The van der Waals surface area contributed by atoms with E-state index in [-0.39, 0.29) is 6.04 Å². The summed E-state index contributed by atoms with van der Waals surface area (Å²) in [6.45, 7) is 7.82. The molecule has 0 bridgehead atoms. The maximum Gasteiger partial charge on any atom is 0.326 e. The fraction of sp³-hybridized carbons (Fsp3) is 0.350. The lowest BCUT2D eigenvalue weighted by atomic mass is 10.3. The second-order valence-corrected chi connectivity index (χ2v) is 7.28. The van der Waals surface area contributed by atoms with Crippen LogP contribution in [0.2, 0.25) is 0 Å². The first-order chi connectivity index (χ1) is 14.6. The van der Waals surface area contributed by atoms with Gasteiger partial charge in [-0.3, -0.25) is 10.6 Å². The fourth-order valence-electron chi connectivity index (χ4n) is 3.30. The smallest absolute Gasteiger partial charge is 0.326 e. The number of hydrogen-bond acceptors (Lipinski definition) is 7. The molecule has 3 N–H and O–H groups in total. The van der Waals surface area contributed by atoms with E-state index in [2.05, 4.69) is 41.0 Å². The van der Waals surface area contributed by atoms with Crippen LogP contribution < -0.4 is 20.9 Å². The van der Waals surface area contributed by atoms with Crippen LogP contribution in [0.15, 0.2) is 42.9 Å². The number of hydrogen-bond donors (Lipinski definition) is 3. The highest BCUT2D eigenvalue weighted by molar-refractivity contribution is 5.98.